The quantitative estimate of drug-likeness (QED) is 0.817. The van der Waals surface area contributed by atoms with Gasteiger partial charge in [-0.2, -0.15) is 0 Å². The van der Waals surface area contributed by atoms with Crippen LogP contribution in [0.3, 0.4) is 0 Å². The molecule has 0 bridgehead atoms. The van der Waals surface area contributed by atoms with Crippen LogP contribution in [0.2, 0.25) is 0 Å². The third-order valence-electron chi connectivity index (χ3n) is 3.71. The van der Waals surface area contributed by atoms with Crippen molar-refractivity contribution in [2.75, 3.05) is 18.5 Å². The van der Waals surface area contributed by atoms with Crippen LogP contribution >= 0.6 is 0 Å². The third kappa shape index (κ3) is 4.34. The Morgan fingerprint density at radius 3 is 3.00 bits per heavy atom. The number of ether oxygens (including phenoxy) is 2. The molecule has 1 aromatic rings. The van der Waals surface area contributed by atoms with Gasteiger partial charge in [-0.15, -0.1) is 0 Å². The first-order valence-corrected chi connectivity index (χ1v) is 7.75. The van der Waals surface area contributed by atoms with Crippen molar-refractivity contribution < 1.29 is 14.3 Å². The molecular weight excluding hydrogens is 268 g/mol. The molecule has 0 aliphatic heterocycles. The topological polar surface area (TPSA) is 60.5 Å². The van der Waals surface area contributed by atoms with E-state index in [2.05, 4.69) is 10.3 Å². The molecule has 1 aliphatic rings. The van der Waals surface area contributed by atoms with Crippen LogP contribution in [-0.4, -0.2) is 30.2 Å². The molecule has 0 spiro atoms. The average molecular weight is 292 g/mol. The second kappa shape index (κ2) is 7.86. The molecule has 5 heteroatoms. The molecule has 2 atom stereocenters. The van der Waals surface area contributed by atoms with Crippen LogP contribution in [0.1, 0.15) is 39.5 Å². The lowest BCUT2D eigenvalue weighted by molar-refractivity contribution is -0.149. The molecule has 2 rings (SSSR count). The Labute approximate surface area is 126 Å². The minimum atomic E-state index is -0.0692. The van der Waals surface area contributed by atoms with Gasteiger partial charge in [0, 0.05) is 12.2 Å². The van der Waals surface area contributed by atoms with Gasteiger partial charge in [0.25, 0.3) is 0 Å². The second-order valence-electron chi connectivity index (χ2n) is 5.25. The fraction of sp³-hybridized carbons (Fsp3) is 0.625. The number of pyridine rings is 1. The van der Waals surface area contributed by atoms with E-state index in [-0.39, 0.29) is 17.9 Å². The van der Waals surface area contributed by atoms with Crippen molar-refractivity contribution in [3.63, 3.8) is 0 Å². The molecule has 1 fully saturated rings. The van der Waals surface area contributed by atoms with Crippen LogP contribution in [-0.2, 0) is 9.53 Å². The molecule has 0 aromatic carbocycles. The van der Waals surface area contributed by atoms with E-state index in [1.54, 1.807) is 6.20 Å². The molecular formula is C16H24N2O3. The van der Waals surface area contributed by atoms with Crippen LogP contribution in [0.15, 0.2) is 18.3 Å². The zero-order chi connectivity index (χ0) is 15.1. The summed E-state index contributed by atoms with van der Waals surface area (Å²) in [5.74, 6) is 0.557. The number of hydrogen-bond donors (Lipinski definition) is 1. The van der Waals surface area contributed by atoms with Crippen molar-refractivity contribution in [2.45, 2.75) is 45.6 Å². The number of hydrogen-bond acceptors (Lipinski definition) is 5. The minimum absolute atomic E-state index is 0.00316. The summed E-state index contributed by atoms with van der Waals surface area (Å²) in [5, 5.41) is 3.47. The van der Waals surface area contributed by atoms with Crippen molar-refractivity contribution in [3.8, 4) is 5.88 Å². The number of nitrogens with one attached hydrogen (secondary N) is 1. The van der Waals surface area contributed by atoms with Crippen molar-refractivity contribution in [1.82, 2.24) is 4.98 Å². The van der Waals surface area contributed by atoms with Gasteiger partial charge < -0.3 is 14.8 Å². The number of rotatable bonds is 6. The lowest BCUT2D eigenvalue weighted by Crippen LogP contribution is -2.32. The van der Waals surface area contributed by atoms with Gasteiger partial charge in [-0.1, -0.05) is 6.42 Å². The molecule has 116 valence electrons. The van der Waals surface area contributed by atoms with E-state index in [4.69, 9.17) is 9.47 Å². The van der Waals surface area contributed by atoms with Gasteiger partial charge in [0.05, 0.1) is 24.8 Å². The first-order valence-electron chi connectivity index (χ1n) is 7.75. The highest BCUT2D eigenvalue weighted by Gasteiger charge is 2.28. The predicted octanol–water partition coefficient (Wildman–Crippen LogP) is 3.01. The van der Waals surface area contributed by atoms with Crippen LogP contribution in [0.5, 0.6) is 5.88 Å². The van der Waals surface area contributed by atoms with E-state index in [1.165, 1.54) is 0 Å². The van der Waals surface area contributed by atoms with E-state index in [9.17, 15) is 4.79 Å². The Kier molecular flexibility index (Phi) is 5.84. The van der Waals surface area contributed by atoms with E-state index in [1.807, 2.05) is 26.0 Å². The molecule has 5 nitrogen and oxygen atoms in total. The standard InChI is InChI=1S/C16H24N2O3/c1-3-20-15-14(9-6-10-17-15)18-13-8-5-7-12(11-13)16(19)21-4-2/h6,9-10,12-13,18H,3-5,7-8,11H2,1-2H3. The smallest absolute Gasteiger partial charge is 0.308 e. The summed E-state index contributed by atoms with van der Waals surface area (Å²) in [6, 6.07) is 4.11. The van der Waals surface area contributed by atoms with Gasteiger partial charge in [0.2, 0.25) is 5.88 Å². The third-order valence-corrected chi connectivity index (χ3v) is 3.71. The zero-order valence-electron chi connectivity index (χ0n) is 12.8. The van der Waals surface area contributed by atoms with E-state index in [0.717, 1.165) is 31.4 Å². The van der Waals surface area contributed by atoms with Crippen molar-refractivity contribution in [2.24, 2.45) is 5.92 Å². The number of anilines is 1. The fourth-order valence-electron chi connectivity index (χ4n) is 2.77. The van der Waals surface area contributed by atoms with Crippen LogP contribution in [0.25, 0.3) is 0 Å². The van der Waals surface area contributed by atoms with Gasteiger partial charge in [-0.3, -0.25) is 4.79 Å². The lowest BCUT2D eigenvalue weighted by atomic mass is 9.85. The molecule has 0 saturated heterocycles. The lowest BCUT2D eigenvalue weighted by Gasteiger charge is -2.29. The summed E-state index contributed by atoms with van der Waals surface area (Å²) in [6.45, 7) is 4.82. The average Bonchev–Trinajstić information content (AvgIpc) is 2.50. The van der Waals surface area contributed by atoms with Crippen LogP contribution < -0.4 is 10.1 Å². The molecule has 21 heavy (non-hydrogen) atoms. The molecule has 1 heterocycles. The summed E-state index contributed by atoms with van der Waals surface area (Å²) in [7, 11) is 0. The first kappa shape index (κ1) is 15.6. The zero-order valence-corrected chi connectivity index (χ0v) is 12.8. The fourth-order valence-corrected chi connectivity index (χ4v) is 2.77. The molecule has 1 aromatic heterocycles. The summed E-state index contributed by atoms with van der Waals surface area (Å²) in [5.41, 5.74) is 0.897. The summed E-state index contributed by atoms with van der Waals surface area (Å²) in [6.07, 6.45) is 5.53. The monoisotopic (exact) mass is 292 g/mol. The number of carbonyl (C=O) groups excluding carboxylic acids is 1. The van der Waals surface area contributed by atoms with Crippen molar-refractivity contribution in [1.29, 1.82) is 0 Å². The van der Waals surface area contributed by atoms with Crippen molar-refractivity contribution in [3.05, 3.63) is 18.3 Å². The van der Waals surface area contributed by atoms with Crippen LogP contribution in [0, 0.1) is 5.92 Å². The van der Waals surface area contributed by atoms with Crippen molar-refractivity contribution >= 4 is 11.7 Å². The summed E-state index contributed by atoms with van der Waals surface area (Å²) in [4.78, 5) is 16.1. The Morgan fingerprint density at radius 1 is 1.38 bits per heavy atom. The second-order valence-corrected chi connectivity index (χ2v) is 5.25. The number of aromatic nitrogens is 1. The number of esters is 1. The molecule has 1 saturated carbocycles. The molecule has 0 radical (unpaired) electrons. The molecule has 1 aliphatic carbocycles. The van der Waals surface area contributed by atoms with Gasteiger partial charge in [0.1, 0.15) is 0 Å². The Balaban J connectivity index is 1.98. The Morgan fingerprint density at radius 2 is 2.24 bits per heavy atom. The van der Waals surface area contributed by atoms with Gasteiger partial charge in [-0.05, 0) is 45.2 Å². The molecule has 0 amide bonds. The summed E-state index contributed by atoms with van der Waals surface area (Å²) >= 11 is 0. The SMILES string of the molecule is CCOC(=O)C1CCCC(Nc2cccnc2OCC)C1. The maximum atomic E-state index is 11.9. The van der Waals surface area contributed by atoms with E-state index in [0.29, 0.717) is 19.1 Å². The Bertz CT molecular complexity index is 465. The predicted molar refractivity (Wildman–Crippen MR) is 81.4 cm³/mol. The maximum absolute atomic E-state index is 11.9. The van der Waals surface area contributed by atoms with E-state index < -0.39 is 0 Å². The largest absolute Gasteiger partial charge is 0.476 e. The molecule has 2 unspecified atom stereocenters. The van der Waals surface area contributed by atoms with Gasteiger partial charge >= 0.3 is 5.97 Å². The minimum Gasteiger partial charge on any atom is -0.476 e. The van der Waals surface area contributed by atoms with Crippen LogP contribution in [0.4, 0.5) is 5.69 Å². The Hall–Kier alpha value is -1.78. The maximum Gasteiger partial charge on any atom is 0.308 e. The molecule has 1 N–H and O–H groups in total. The first-order chi connectivity index (χ1) is 10.2. The highest BCUT2D eigenvalue weighted by molar-refractivity contribution is 5.72. The van der Waals surface area contributed by atoms with Gasteiger partial charge in [0.15, 0.2) is 0 Å². The number of carbonyl (C=O) groups is 1. The van der Waals surface area contributed by atoms with E-state index >= 15 is 0 Å². The van der Waals surface area contributed by atoms with Gasteiger partial charge in [-0.25, -0.2) is 4.98 Å². The summed E-state index contributed by atoms with van der Waals surface area (Å²) < 4.78 is 10.7. The number of nitrogens with zero attached hydrogens (tertiary/aromatic N) is 1. The highest BCUT2D eigenvalue weighted by Crippen LogP contribution is 2.30. The highest BCUT2D eigenvalue weighted by atomic mass is 16.5. The normalized spacial score (nSPS) is 21.6.